The maximum atomic E-state index is 2.52. The first kappa shape index (κ1) is 12.3. The smallest absolute Gasteiger partial charge is 0.0561 e. The molecule has 1 rings (SSSR count). The normalized spacial score (nSPS) is 29.1. The molecule has 0 aromatic rings. The summed E-state index contributed by atoms with van der Waals surface area (Å²) in [6.07, 6.45) is 6.09. The second-order valence-electron chi connectivity index (χ2n) is 5.29. The van der Waals surface area contributed by atoms with E-state index in [1.165, 1.54) is 37.4 Å². The van der Waals surface area contributed by atoms with Crippen molar-refractivity contribution in [1.82, 2.24) is 0 Å². The van der Waals surface area contributed by atoms with Crippen LogP contribution in [0, 0.1) is 5.92 Å². The van der Waals surface area contributed by atoms with Crippen molar-refractivity contribution in [2.45, 2.75) is 77.1 Å². The van der Waals surface area contributed by atoms with E-state index in [1.807, 2.05) is 0 Å². The molecule has 0 radical (unpaired) electrons. The van der Waals surface area contributed by atoms with Crippen LogP contribution < -0.4 is 0 Å². The fourth-order valence-electron chi connectivity index (χ4n) is 3.76. The van der Waals surface area contributed by atoms with Gasteiger partial charge in [-0.25, -0.2) is 0 Å². The molecule has 0 bridgehead atoms. The molecule has 84 valence electrons. The molecule has 0 heterocycles. The molecular weight excluding hydrogens is 184 g/mol. The van der Waals surface area contributed by atoms with Crippen LogP contribution in [0.4, 0.5) is 0 Å². The van der Waals surface area contributed by atoms with Crippen LogP contribution in [-0.4, -0.2) is 8.07 Å². The van der Waals surface area contributed by atoms with Crippen molar-refractivity contribution in [3.8, 4) is 0 Å². The molecule has 0 nitrogen and oxygen atoms in total. The summed E-state index contributed by atoms with van der Waals surface area (Å²) in [4.78, 5) is 0. The van der Waals surface area contributed by atoms with Crippen molar-refractivity contribution in [2.75, 3.05) is 0 Å². The number of rotatable bonds is 4. The summed E-state index contributed by atoms with van der Waals surface area (Å²) in [5, 5.41) is 0. The maximum absolute atomic E-state index is 2.52. The lowest BCUT2D eigenvalue weighted by molar-refractivity contribution is 0.372. The summed E-state index contributed by atoms with van der Waals surface area (Å²) in [5.41, 5.74) is 1.15. The summed E-state index contributed by atoms with van der Waals surface area (Å²) in [5.74, 6) is 1.04. The summed E-state index contributed by atoms with van der Waals surface area (Å²) in [6.45, 7) is 9.90. The van der Waals surface area contributed by atoms with Crippen molar-refractivity contribution in [3.05, 3.63) is 0 Å². The van der Waals surface area contributed by atoms with Crippen LogP contribution >= 0.6 is 0 Å². The van der Waals surface area contributed by atoms with Gasteiger partial charge in [0.2, 0.25) is 0 Å². The van der Waals surface area contributed by atoms with Crippen molar-refractivity contribution in [3.63, 3.8) is 0 Å². The Bertz CT molecular complexity index is 152. The predicted molar refractivity (Wildman–Crippen MR) is 68.6 cm³/mol. The van der Waals surface area contributed by atoms with E-state index in [1.54, 1.807) is 6.42 Å². The number of hydrogen-bond acceptors (Lipinski definition) is 0. The Morgan fingerprint density at radius 1 is 0.929 bits per heavy atom. The first-order valence-electron chi connectivity index (χ1n) is 6.70. The average molecular weight is 212 g/mol. The predicted octanol–water partition coefficient (Wildman–Crippen LogP) is 5.08. The lowest BCUT2D eigenvalue weighted by Gasteiger charge is -2.43. The topological polar surface area (TPSA) is 0 Å². The molecule has 0 aliphatic heterocycles. The van der Waals surface area contributed by atoms with Gasteiger partial charge in [-0.3, -0.25) is 0 Å². The molecule has 1 saturated carbocycles. The minimum absolute atomic E-state index is 0.880. The first-order chi connectivity index (χ1) is 6.70. The monoisotopic (exact) mass is 212 g/mol. The van der Waals surface area contributed by atoms with Gasteiger partial charge >= 0.3 is 0 Å². The summed E-state index contributed by atoms with van der Waals surface area (Å²) in [6, 6.07) is 4.57. The van der Waals surface area contributed by atoms with Gasteiger partial charge in [-0.15, -0.1) is 0 Å². The van der Waals surface area contributed by atoms with Crippen LogP contribution in [0.2, 0.25) is 23.7 Å². The number of hydrogen-bond donors (Lipinski definition) is 0. The van der Waals surface area contributed by atoms with Gasteiger partial charge in [0.25, 0.3) is 0 Å². The van der Waals surface area contributed by atoms with Crippen molar-refractivity contribution in [2.24, 2.45) is 5.92 Å². The molecule has 0 N–H and O–H groups in total. The van der Waals surface area contributed by atoms with E-state index in [2.05, 4.69) is 27.7 Å². The minimum Gasteiger partial charge on any atom is -0.0678 e. The molecular formula is C13H28Si. The Hall–Kier alpha value is 0.217. The zero-order valence-corrected chi connectivity index (χ0v) is 11.6. The zero-order valence-electron chi connectivity index (χ0n) is 10.6. The zero-order chi connectivity index (χ0) is 10.6. The lowest BCUT2D eigenvalue weighted by Crippen LogP contribution is -2.41. The van der Waals surface area contributed by atoms with E-state index >= 15 is 0 Å². The van der Waals surface area contributed by atoms with Crippen LogP contribution in [-0.2, 0) is 0 Å². The third-order valence-corrected chi connectivity index (χ3v) is 11.7. The van der Waals surface area contributed by atoms with Crippen molar-refractivity contribution in [1.29, 1.82) is 0 Å². The molecule has 0 spiro atoms. The third kappa shape index (κ3) is 2.24. The van der Waals surface area contributed by atoms with Gasteiger partial charge in [0.15, 0.2) is 0 Å². The minimum atomic E-state index is -0.880. The first-order valence-corrected chi connectivity index (χ1v) is 9.40. The van der Waals surface area contributed by atoms with Crippen LogP contribution in [0.5, 0.6) is 0 Å². The quantitative estimate of drug-likeness (QED) is 0.570. The van der Waals surface area contributed by atoms with Crippen LogP contribution in [0.3, 0.4) is 0 Å². The van der Waals surface area contributed by atoms with E-state index in [-0.39, 0.29) is 0 Å². The molecule has 1 aliphatic carbocycles. The second kappa shape index (κ2) is 5.34. The summed E-state index contributed by atoms with van der Waals surface area (Å²) in [7, 11) is -0.880. The molecule has 1 fully saturated rings. The molecule has 0 aromatic carbocycles. The highest BCUT2D eigenvalue weighted by Gasteiger charge is 2.39. The van der Waals surface area contributed by atoms with E-state index in [0.717, 1.165) is 11.5 Å². The van der Waals surface area contributed by atoms with Gasteiger partial charge in [-0.05, 0) is 11.5 Å². The van der Waals surface area contributed by atoms with E-state index in [0.29, 0.717) is 0 Å². The average Bonchev–Trinajstić information content (AvgIpc) is 2.24. The molecule has 2 atom stereocenters. The Labute approximate surface area is 91.5 Å². The molecule has 14 heavy (non-hydrogen) atoms. The molecule has 1 heteroatoms. The van der Waals surface area contributed by atoms with E-state index < -0.39 is 8.07 Å². The van der Waals surface area contributed by atoms with Gasteiger partial charge < -0.3 is 0 Å². The highest BCUT2D eigenvalue weighted by atomic mass is 28.3. The highest BCUT2D eigenvalue weighted by Crippen LogP contribution is 2.46. The lowest BCUT2D eigenvalue weighted by atomic mass is 9.90. The Balaban J connectivity index is 2.74. The largest absolute Gasteiger partial charge is 0.0678 e. The molecule has 0 unspecified atom stereocenters. The Morgan fingerprint density at radius 2 is 1.43 bits per heavy atom. The standard InChI is InChI=1S/C13H28Si/c1-5-14(6-2,7-3)13-11-9-8-10-12(13)4/h12-13H,5-11H2,1-4H3/t12-,13+/m1/s1. The van der Waals surface area contributed by atoms with Crippen LogP contribution in [0.25, 0.3) is 0 Å². The maximum Gasteiger partial charge on any atom is 0.0561 e. The fourth-order valence-corrected chi connectivity index (χ4v) is 9.03. The SMILES string of the molecule is CC[Si](CC)(CC)[C@H]1CCCC[C@H]1C. The van der Waals surface area contributed by atoms with Gasteiger partial charge in [0.05, 0.1) is 8.07 Å². The third-order valence-electron chi connectivity index (χ3n) is 5.01. The van der Waals surface area contributed by atoms with E-state index in [9.17, 15) is 0 Å². The van der Waals surface area contributed by atoms with Gasteiger partial charge in [-0.2, -0.15) is 0 Å². The molecule has 0 aromatic heterocycles. The van der Waals surface area contributed by atoms with E-state index in [4.69, 9.17) is 0 Å². The summed E-state index contributed by atoms with van der Waals surface area (Å²) >= 11 is 0. The van der Waals surface area contributed by atoms with Gasteiger partial charge in [-0.1, -0.05) is 71.5 Å². The fraction of sp³-hybridized carbons (Fsp3) is 1.00. The van der Waals surface area contributed by atoms with Crippen LogP contribution in [0.15, 0.2) is 0 Å². The van der Waals surface area contributed by atoms with Crippen molar-refractivity contribution < 1.29 is 0 Å². The Morgan fingerprint density at radius 3 is 1.86 bits per heavy atom. The van der Waals surface area contributed by atoms with Gasteiger partial charge in [0.1, 0.15) is 0 Å². The van der Waals surface area contributed by atoms with Crippen LogP contribution in [0.1, 0.15) is 53.4 Å². The molecule has 0 amide bonds. The highest BCUT2D eigenvalue weighted by molar-refractivity contribution is 6.81. The van der Waals surface area contributed by atoms with Gasteiger partial charge in [0, 0.05) is 0 Å². The molecule has 0 saturated heterocycles. The molecule has 1 aliphatic rings. The summed E-state index contributed by atoms with van der Waals surface area (Å²) < 4.78 is 0. The Kier molecular flexibility index (Phi) is 4.69. The van der Waals surface area contributed by atoms with Crippen molar-refractivity contribution >= 4 is 8.07 Å². The second-order valence-corrected chi connectivity index (χ2v) is 10.9.